The van der Waals surface area contributed by atoms with Crippen LogP contribution in [0.2, 0.25) is 0 Å². The molecule has 0 radical (unpaired) electrons. The molecular weight excluding hydrogens is 340 g/mol. The Morgan fingerprint density at radius 1 is 1.04 bits per heavy atom. The number of thiophene rings is 1. The monoisotopic (exact) mass is 358 g/mol. The highest BCUT2D eigenvalue weighted by Gasteiger charge is 2.30. The predicted molar refractivity (Wildman–Crippen MR) is 97.7 cm³/mol. The van der Waals surface area contributed by atoms with Crippen LogP contribution in [0.25, 0.3) is 0 Å². The van der Waals surface area contributed by atoms with E-state index in [2.05, 4.69) is 22.8 Å². The lowest BCUT2D eigenvalue weighted by Gasteiger charge is -2.25. The van der Waals surface area contributed by atoms with Crippen LogP contribution in [0.4, 0.5) is 5.00 Å². The fourth-order valence-corrected chi connectivity index (χ4v) is 4.76. The summed E-state index contributed by atoms with van der Waals surface area (Å²) in [6.45, 7) is 0. The standard InChI is InChI=1S/C18H18N2O2S2/c21-17(11-5-6-11)20-16-8-7-15(24-16)18(22)19-13-9-10-23-14-4-2-1-3-12(13)14/h1-4,7-8,11,13H,5-6,9-10H2,(H,19,22)(H,20,21). The summed E-state index contributed by atoms with van der Waals surface area (Å²) in [5, 5.41) is 6.78. The van der Waals surface area contributed by atoms with Gasteiger partial charge in [-0.2, -0.15) is 0 Å². The molecule has 1 aromatic carbocycles. The number of nitrogens with one attached hydrogen (secondary N) is 2. The van der Waals surface area contributed by atoms with E-state index in [9.17, 15) is 9.59 Å². The summed E-state index contributed by atoms with van der Waals surface area (Å²) in [6.07, 6.45) is 2.89. The van der Waals surface area contributed by atoms with Gasteiger partial charge in [-0.1, -0.05) is 18.2 Å². The summed E-state index contributed by atoms with van der Waals surface area (Å²) < 4.78 is 0. The van der Waals surface area contributed by atoms with Crippen LogP contribution in [0.5, 0.6) is 0 Å². The lowest BCUT2D eigenvalue weighted by molar-refractivity contribution is -0.117. The Hall–Kier alpha value is -1.79. The molecule has 24 heavy (non-hydrogen) atoms. The van der Waals surface area contributed by atoms with Crippen molar-refractivity contribution < 1.29 is 9.59 Å². The van der Waals surface area contributed by atoms with E-state index < -0.39 is 0 Å². The van der Waals surface area contributed by atoms with Crippen LogP contribution in [0.15, 0.2) is 41.3 Å². The molecule has 2 aromatic rings. The van der Waals surface area contributed by atoms with Crippen molar-refractivity contribution in [1.82, 2.24) is 5.32 Å². The van der Waals surface area contributed by atoms with Gasteiger partial charge in [-0.05, 0) is 43.0 Å². The van der Waals surface area contributed by atoms with Crippen molar-refractivity contribution in [1.29, 1.82) is 0 Å². The molecule has 0 spiro atoms. The molecule has 2 amide bonds. The molecule has 1 aromatic heterocycles. The maximum Gasteiger partial charge on any atom is 0.261 e. The summed E-state index contributed by atoms with van der Waals surface area (Å²) in [4.78, 5) is 26.2. The molecule has 1 unspecified atom stereocenters. The Labute approximate surface area is 149 Å². The van der Waals surface area contributed by atoms with Gasteiger partial charge in [-0.15, -0.1) is 23.1 Å². The number of anilines is 1. The fraction of sp³-hybridized carbons (Fsp3) is 0.333. The second-order valence-electron chi connectivity index (χ2n) is 6.13. The third kappa shape index (κ3) is 3.35. The summed E-state index contributed by atoms with van der Waals surface area (Å²) in [5.41, 5.74) is 1.20. The second kappa shape index (κ2) is 6.61. The largest absolute Gasteiger partial charge is 0.344 e. The van der Waals surface area contributed by atoms with Gasteiger partial charge in [0.2, 0.25) is 5.91 Å². The summed E-state index contributed by atoms with van der Waals surface area (Å²) >= 11 is 3.17. The van der Waals surface area contributed by atoms with Gasteiger partial charge in [0, 0.05) is 16.6 Å². The molecule has 0 bridgehead atoms. The number of amides is 2. The van der Waals surface area contributed by atoms with Crippen molar-refractivity contribution >= 4 is 39.9 Å². The summed E-state index contributed by atoms with van der Waals surface area (Å²) in [5.74, 6) is 1.18. The van der Waals surface area contributed by atoms with Crippen LogP contribution >= 0.6 is 23.1 Å². The van der Waals surface area contributed by atoms with E-state index in [4.69, 9.17) is 0 Å². The van der Waals surface area contributed by atoms with E-state index in [0.29, 0.717) is 4.88 Å². The number of thioether (sulfide) groups is 1. The lowest BCUT2D eigenvalue weighted by Crippen LogP contribution is -2.30. The van der Waals surface area contributed by atoms with Crippen LogP contribution < -0.4 is 10.6 Å². The first-order valence-electron chi connectivity index (χ1n) is 8.14. The maximum atomic E-state index is 12.5. The zero-order chi connectivity index (χ0) is 16.5. The van der Waals surface area contributed by atoms with Crippen molar-refractivity contribution in [3.63, 3.8) is 0 Å². The number of hydrogen-bond donors (Lipinski definition) is 2. The zero-order valence-electron chi connectivity index (χ0n) is 13.1. The van der Waals surface area contributed by atoms with Crippen molar-refractivity contribution in [3.8, 4) is 0 Å². The van der Waals surface area contributed by atoms with E-state index in [1.165, 1.54) is 21.8 Å². The fourth-order valence-electron chi connectivity index (χ4n) is 2.82. The molecule has 2 N–H and O–H groups in total. The average molecular weight is 358 g/mol. The van der Waals surface area contributed by atoms with Gasteiger partial charge in [0.1, 0.15) is 0 Å². The first-order valence-corrected chi connectivity index (χ1v) is 9.94. The summed E-state index contributed by atoms with van der Waals surface area (Å²) in [7, 11) is 0. The Balaban J connectivity index is 1.43. The van der Waals surface area contributed by atoms with Gasteiger partial charge in [0.25, 0.3) is 5.91 Å². The van der Waals surface area contributed by atoms with E-state index in [0.717, 1.165) is 30.0 Å². The minimum absolute atomic E-state index is 0.0570. The van der Waals surface area contributed by atoms with E-state index in [-0.39, 0.29) is 23.8 Å². The minimum Gasteiger partial charge on any atom is -0.344 e. The van der Waals surface area contributed by atoms with E-state index in [1.807, 2.05) is 30.0 Å². The van der Waals surface area contributed by atoms with Gasteiger partial charge in [-0.3, -0.25) is 9.59 Å². The molecule has 4 rings (SSSR count). The topological polar surface area (TPSA) is 58.2 Å². The average Bonchev–Trinajstić information content (AvgIpc) is 3.35. The Bertz CT molecular complexity index is 783. The first kappa shape index (κ1) is 15.7. The molecule has 1 aliphatic heterocycles. The van der Waals surface area contributed by atoms with Gasteiger partial charge >= 0.3 is 0 Å². The normalized spacial score (nSPS) is 19.4. The first-order chi connectivity index (χ1) is 11.7. The third-order valence-electron chi connectivity index (χ3n) is 4.29. The van der Waals surface area contributed by atoms with Gasteiger partial charge < -0.3 is 10.6 Å². The number of rotatable bonds is 4. The molecule has 1 aliphatic carbocycles. The zero-order valence-corrected chi connectivity index (χ0v) is 14.7. The highest BCUT2D eigenvalue weighted by Crippen LogP contribution is 2.36. The molecule has 124 valence electrons. The Kier molecular flexibility index (Phi) is 4.33. The molecular formula is C18H18N2O2S2. The molecule has 1 atom stereocenters. The van der Waals surface area contributed by atoms with Crippen LogP contribution in [0, 0.1) is 5.92 Å². The van der Waals surface area contributed by atoms with Crippen LogP contribution in [-0.4, -0.2) is 17.6 Å². The van der Waals surface area contributed by atoms with Crippen molar-refractivity contribution in [3.05, 3.63) is 46.8 Å². The Morgan fingerprint density at radius 3 is 2.71 bits per heavy atom. The highest BCUT2D eigenvalue weighted by molar-refractivity contribution is 7.99. The van der Waals surface area contributed by atoms with Crippen molar-refractivity contribution in [2.75, 3.05) is 11.1 Å². The number of hydrogen-bond acceptors (Lipinski definition) is 4. The smallest absolute Gasteiger partial charge is 0.261 e. The molecule has 6 heteroatoms. The lowest BCUT2D eigenvalue weighted by atomic mass is 10.0. The number of carbonyl (C=O) groups excluding carboxylic acids is 2. The molecule has 1 saturated carbocycles. The maximum absolute atomic E-state index is 12.5. The van der Waals surface area contributed by atoms with Gasteiger partial charge in [0.15, 0.2) is 0 Å². The number of carbonyl (C=O) groups is 2. The molecule has 0 saturated heterocycles. The minimum atomic E-state index is -0.0707. The molecule has 1 fully saturated rings. The summed E-state index contributed by atoms with van der Waals surface area (Å²) in [6, 6.07) is 11.9. The van der Waals surface area contributed by atoms with Crippen LogP contribution in [0.3, 0.4) is 0 Å². The van der Waals surface area contributed by atoms with Gasteiger partial charge in [0.05, 0.1) is 15.9 Å². The Morgan fingerprint density at radius 2 is 1.88 bits per heavy atom. The molecule has 2 aliphatic rings. The molecule has 4 nitrogen and oxygen atoms in total. The third-order valence-corrected chi connectivity index (χ3v) is 6.41. The molecule has 2 heterocycles. The number of fused-ring (bicyclic) bond motifs is 1. The van der Waals surface area contributed by atoms with E-state index >= 15 is 0 Å². The number of benzene rings is 1. The highest BCUT2D eigenvalue weighted by atomic mass is 32.2. The quantitative estimate of drug-likeness (QED) is 0.866. The van der Waals surface area contributed by atoms with Crippen molar-refractivity contribution in [2.45, 2.75) is 30.2 Å². The predicted octanol–water partition coefficient (Wildman–Crippen LogP) is 4.06. The SMILES string of the molecule is O=C(NC1CCSc2ccccc21)c1ccc(NC(=O)C2CC2)s1. The van der Waals surface area contributed by atoms with Crippen molar-refractivity contribution in [2.24, 2.45) is 5.92 Å². The van der Waals surface area contributed by atoms with Crippen LogP contribution in [0.1, 0.15) is 40.5 Å². The second-order valence-corrected chi connectivity index (χ2v) is 8.35. The van der Waals surface area contributed by atoms with Crippen LogP contribution in [-0.2, 0) is 4.79 Å². The van der Waals surface area contributed by atoms with E-state index in [1.54, 1.807) is 6.07 Å². The van der Waals surface area contributed by atoms with Gasteiger partial charge in [-0.25, -0.2) is 0 Å².